The van der Waals surface area contributed by atoms with Crippen LogP contribution in [0.4, 0.5) is 0 Å². The molecule has 366 valence electrons. The summed E-state index contributed by atoms with van der Waals surface area (Å²) in [5.41, 5.74) is 12.0. The van der Waals surface area contributed by atoms with E-state index >= 15 is 9.59 Å². The van der Waals surface area contributed by atoms with Crippen molar-refractivity contribution in [1.29, 1.82) is 0 Å². The van der Waals surface area contributed by atoms with Crippen LogP contribution >= 0.6 is 0 Å². The summed E-state index contributed by atoms with van der Waals surface area (Å²) < 4.78 is 35.4. The summed E-state index contributed by atoms with van der Waals surface area (Å²) in [4.78, 5) is 51.4. The molecule has 5 fully saturated rings. The number of carbonyl (C=O) groups is 3. The van der Waals surface area contributed by atoms with Crippen molar-refractivity contribution in [3.63, 3.8) is 0 Å². The van der Waals surface area contributed by atoms with Gasteiger partial charge in [-0.2, -0.15) is 0 Å². The third-order valence-electron chi connectivity index (χ3n) is 16.4. The average Bonchev–Trinajstić information content (AvgIpc) is 3.68. The number of allylic oxidation sites excluding steroid dienone is 5. The van der Waals surface area contributed by atoms with Gasteiger partial charge in [0.25, 0.3) is 0 Å². The zero-order valence-corrected chi connectivity index (χ0v) is 42.3. The molecule has 4 bridgehead atoms. The van der Waals surface area contributed by atoms with Crippen LogP contribution in [0.5, 0.6) is 17.2 Å². The second kappa shape index (κ2) is 17.2. The summed E-state index contributed by atoms with van der Waals surface area (Å²) >= 11 is 0. The Morgan fingerprint density at radius 3 is 2.33 bits per heavy atom. The van der Waals surface area contributed by atoms with Gasteiger partial charge in [-0.05, 0) is 100 Å². The molecule has 4 aliphatic carbocycles. The molecule has 6 unspecified atom stereocenters. The number of likely N-dealkylation sites (N-methyl/N-ethyl adjacent to an activating group) is 1. The summed E-state index contributed by atoms with van der Waals surface area (Å²) in [5.74, 6) is -0.311. The number of nitrogens with zero attached hydrogens (tertiary/aromatic N) is 3. The summed E-state index contributed by atoms with van der Waals surface area (Å²) in [6.45, 7) is 22.0. The van der Waals surface area contributed by atoms with Gasteiger partial charge < -0.3 is 39.2 Å². The van der Waals surface area contributed by atoms with Gasteiger partial charge in [0.1, 0.15) is 29.5 Å². The third kappa shape index (κ3) is 7.16. The molecule has 1 spiro atoms. The first-order valence-electron chi connectivity index (χ1n) is 25.1. The standard InChI is InChI=1S/C57H70N4O8/c1-33(2)14-13-21-55(8)22-20-39-49(67-55)38(18-17-34(3)4)51-44(50(39)66-31-30-60-28-26-59(9)27-29-60)47-45-42(43-46(61(47)25-24-58)36-15-11-12-16-37(36)48(43)62)40-32-41-54(6,7)69-56(52(40)63,57(41,45)68-51)23-19-35(5)53(64)65-10/h11-12,14-17,19-20,22,40-42H,13,18,21,23-32,58H2,1-10H3/b35-19-. The third-order valence-corrected chi connectivity index (χ3v) is 16.4. The van der Waals surface area contributed by atoms with Gasteiger partial charge in [0.15, 0.2) is 22.8 Å². The second-order valence-corrected chi connectivity index (χ2v) is 21.8. The number of piperazine rings is 1. The largest absolute Gasteiger partial charge is 0.491 e. The first-order valence-corrected chi connectivity index (χ1v) is 25.1. The molecule has 2 aromatic rings. The predicted octanol–water partition coefficient (Wildman–Crippen LogP) is 8.35. The number of fused-ring (bicyclic) bond motifs is 5. The Labute approximate surface area is 407 Å². The van der Waals surface area contributed by atoms with Crippen molar-refractivity contribution in [1.82, 2.24) is 14.7 Å². The van der Waals surface area contributed by atoms with Crippen LogP contribution in [0.2, 0.25) is 0 Å². The predicted molar refractivity (Wildman–Crippen MR) is 268 cm³/mol. The van der Waals surface area contributed by atoms with E-state index in [-0.39, 0.29) is 30.4 Å². The van der Waals surface area contributed by atoms with Crippen molar-refractivity contribution in [3.8, 4) is 17.2 Å². The van der Waals surface area contributed by atoms with Gasteiger partial charge in [-0.1, -0.05) is 53.6 Å². The van der Waals surface area contributed by atoms with Gasteiger partial charge >= 0.3 is 5.97 Å². The van der Waals surface area contributed by atoms with Crippen LogP contribution in [0.25, 0.3) is 17.5 Å². The van der Waals surface area contributed by atoms with Gasteiger partial charge in [-0.25, -0.2) is 4.79 Å². The molecule has 69 heavy (non-hydrogen) atoms. The zero-order valence-electron chi connectivity index (χ0n) is 42.3. The number of carbonyl (C=O) groups excluding carboxylic acids is 3. The molecule has 2 aromatic carbocycles. The number of methoxy groups -OCH3 is 1. The fourth-order valence-corrected chi connectivity index (χ4v) is 13.1. The van der Waals surface area contributed by atoms with E-state index in [9.17, 15) is 4.79 Å². The highest BCUT2D eigenvalue weighted by Gasteiger charge is 2.84. The number of benzene rings is 2. The number of hydrogen-bond donors (Lipinski definition) is 1. The number of ether oxygens (including phenoxy) is 5. The van der Waals surface area contributed by atoms with Gasteiger partial charge in [0, 0.05) is 103 Å². The molecule has 0 radical (unpaired) electrons. The van der Waals surface area contributed by atoms with Crippen LogP contribution in [0.15, 0.2) is 76.4 Å². The van der Waals surface area contributed by atoms with Gasteiger partial charge in [-0.15, -0.1) is 0 Å². The van der Waals surface area contributed by atoms with E-state index in [1.54, 1.807) is 13.0 Å². The molecule has 0 amide bonds. The van der Waals surface area contributed by atoms with Crippen LogP contribution in [0.3, 0.4) is 0 Å². The minimum atomic E-state index is -1.58. The Bertz CT molecular complexity index is 2730. The Kier molecular flexibility index (Phi) is 11.8. The van der Waals surface area contributed by atoms with E-state index in [2.05, 4.69) is 94.5 Å². The molecule has 12 nitrogen and oxygen atoms in total. The zero-order chi connectivity index (χ0) is 48.9. The Hall–Kier alpha value is -5.27. The minimum absolute atomic E-state index is 0.0588. The lowest BCUT2D eigenvalue weighted by molar-refractivity contribution is -0.181. The van der Waals surface area contributed by atoms with E-state index in [0.717, 1.165) is 90.4 Å². The number of rotatable bonds is 14. The molecule has 12 heteroatoms. The maximum atomic E-state index is 16.1. The van der Waals surface area contributed by atoms with E-state index in [4.69, 9.17) is 29.4 Å². The van der Waals surface area contributed by atoms with Crippen molar-refractivity contribution in [3.05, 3.63) is 104 Å². The normalized spacial score (nSPS) is 29.2. The van der Waals surface area contributed by atoms with Gasteiger partial charge in [-0.3, -0.25) is 14.5 Å². The molecule has 5 heterocycles. The monoisotopic (exact) mass is 939 g/mol. The smallest absolute Gasteiger partial charge is 0.333 e. The van der Waals surface area contributed by atoms with E-state index in [0.29, 0.717) is 60.0 Å². The van der Waals surface area contributed by atoms with E-state index < -0.39 is 40.2 Å². The van der Waals surface area contributed by atoms with Gasteiger partial charge in [0.2, 0.25) is 0 Å². The van der Waals surface area contributed by atoms with Crippen LogP contribution < -0.4 is 19.9 Å². The molecule has 0 aromatic heterocycles. The van der Waals surface area contributed by atoms with Crippen LogP contribution in [0, 0.1) is 17.8 Å². The highest BCUT2D eigenvalue weighted by atomic mass is 16.6. The summed E-state index contributed by atoms with van der Waals surface area (Å²) in [6.07, 6.45) is 13.2. The number of hydrogen-bond acceptors (Lipinski definition) is 12. The number of esters is 1. The highest BCUT2D eigenvalue weighted by Crippen LogP contribution is 2.75. The lowest BCUT2D eigenvalue weighted by Crippen LogP contribution is -2.75. The Morgan fingerprint density at radius 2 is 1.64 bits per heavy atom. The highest BCUT2D eigenvalue weighted by molar-refractivity contribution is 6.23. The molecule has 2 N–H and O–H groups in total. The number of nitrogens with two attached hydrogens (primary N) is 1. The average molecular weight is 939 g/mol. The lowest BCUT2D eigenvalue weighted by atomic mass is 9.44. The Balaban J connectivity index is 1.29. The fourth-order valence-electron chi connectivity index (χ4n) is 13.1. The van der Waals surface area contributed by atoms with Crippen molar-refractivity contribution in [2.24, 2.45) is 23.5 Å². The molecule has 9 aliphatic rings. The van der Waals surface area contributed by atoms with Crippen molar-refractivity contribution in [2.75, 3.05) is 66.6 Å². The lowest BCUT2D eigenvalue weighted by Gasteiger charge is -2.63. The van der Waals surface area contributed by atoms with Crippen molar-refractivity contribution in [2.45, 2.75) is 110 Å². The Morgan fingerprint density at radius 1 is 0.913 bits per heavy atom. The topological polar surface area (TPSA) is 133 Å². The van der Waals surface area contributed by atoms with Gasteiger partial charge in [0.05, 0.1) is 35.2 Å². The molecular formula is C57H70N4O8. The molecule has 3 saturated carbocycles. The molecular weight excluding hydrogens is 869 g/mol. The maximum absolute atomic E-state index is 16.1. The first-order chi connectivity index (χ1) is 32.9. The summed E-state index contributed by atoms with van der Waals surface area (Å²) in [7, 11) is 3.52. The number of Topliss-reactive ketones (excluding diaryl/α,β-unsaturated/α-hetero) is 2. The molecule has 6 atom stereocenters. The maximum Gasteiger partial charge on any atom is 0.333 e. The quantitative estimate of drug-likeness (QED) is 0.111. The number of ketones is 2. The second-order valence-electron chi connectivity index (χ2n) is 21.8. The van der Waals surface area contributed by atoms with E-state index in [1.165, 1.54) is 12.7 Å². The van der Waals surface area contributed by atoms with E-state index in [1.807, 2.05) is 24.3 Å². The molecule has 5 aliphatic heterocycles. The fraction of sp³-hybridized carbons (Fsp3) is 0.526. The van der Waals surface area contributed by atoms with Crippen LogP contribution in [0.1, 0.15) is 114 Å². The SMILES string of the molecule is COC(=O)/C(C)=C\CC12OC(C)(C)C3CC(C1=O)C1C4=C(c5ccccc5C4=O)N(CCN)C4=C1C32Oc1c(CC=C(C)C)c2c(c(OCCN3CCN(C)CC3)c14)C=CC(C)(CCC=C(C)C)O2. The molecule has 11 rings (SSSR count). The van der Waals surface area contributed by atoms with Crippen LogP contribution in [-0.2, 0) is 25.5 Å². The first kappa shape index (κ1) is 47.4. The molecule has 2 saturated heterocycles. The van der Waals surface area contributed by atoms with Crippen LogP contribution in [-0.4, -0.2) is 121 Å². The van der Waals surface area contributed by atoms with Crippen molar-refractivity contribution >= 4 is 35.0 Å². The minimum Gasteiger partial charge on any atom is -0.491 e. The van der Waals surface area contributed by atoms with Crippen molar-refractivity contribution < 1.29 is 38.1 Å². The summed E-state index contributed by atoms with van der Waals surface area (Å²) in [6, 6.07) is 7.80. The summed E-state index contributed by atoms with van der Waals surface area (Å²) in [5, 5.41) is 0.